The number of anilines is 1. The van der Waals surface area contributed by atoms with E-state index in [2.05, 4.69) is 26.0 Å². The van der Waals surface area contributed by atoms with E-state index >= 15 is 0 Å². The molecule has 31 heavy (non-hydrogen) atoms. The van der Waals surface area contributed by atoms with E-state index in [-0.39, 0.29) is 33.0 Å². The average Bonchev–Trinajstić information content (AvgIpc) is 2.73. The summed E-state index contributed by atoms with van der Waals surface area (Å²) in [5.74, 6) is -1.44. The maximum absolute atomic E-state index is 13.1. The number of hydrogen-bond donors (Lipinski definition) is 1. The molecule has 7 nitrogen and oxygen atoms in total. The standard InChI is InChI=1S/C20H13BrCl2N2O5S/c1-29-16(26)9-30-15-6-5-10(8-12(15)21)7-11-18(27)24-20(31)25(19(11)28)14-4-2-3-13(22)17(14)23/h2-8H,9H2,1H3,(H,24,27,31)/b11-7+. The number of ether oxygens (including phenoxy) is 2. The van der Waals surface area contributed by atoms with Crippen LogP contribution in [0.2, 0.25) is 10.0 Å². The first-order valence-corrected chi connectivity index (χ1v) is 10.5. The molecule has 0 bridgehead atoms. The van der Waals surface area contributed by atoms with Gasteiger partial charge in [0.25, 0.3) is 11.8 Å². The second-order valence-corrected chi connectivity index (χ2v) is 8.11. The van der Waals surface area contributed by atoms with Crippen LogP contribution in [0.3, 0.4) is 0 Å². The van der Waals surface area contributed by atoms with Gasteiger partial charge in [-0.05, 0) is 64.1 Å². The van der Waals surface area contributed by atoms with Crippen LogP contribution < -0.4 is 15.0 Å². The van der Waals surface area contributed by atoms with Crippen LogP contribution in [0, 0.1) is 0 Å². The van der Waals surface area contributed by atoms with Gasteiger partial charge < -0.3 is 9.47 Å². The van der Waals surface area contributed by atoms with E-state index in [1.807, 2.05) is 0 Å². The van der Waals surface area contributed by atoms with E-state index in [1.165, 1.54) is 13.2 Å². The highest BCUT2D eigenvalue weighted by atomic mass is 79.9. The van der Waals surface area contributed by atoms with Crippen molar-refractivity contribution in [3.05, 3.63) is 62.1 Å². The quantitative estimate of drug-likeness (QED) is 0.264. The summed E-state index contributed by atoms with van der Waals surface area (Å²) in [5, 5.41) is 2.74. The Balaban J connectivity index is 1.92. The molecule has 11 heteroatoms. The number of carbonyl (C=O) groups excluding carboxylic acids is 3. The van der Waals surface area contributed by atoms with Crippen LogP contribution in [0.15, 0.2) is 46.4 Å². The van der Waals surface area contributed by atoms with Gasteiger partial charge in [-0.1, -0.05) is 35.3 Å². The zero-order chi connectivity index (χ0) is 22.7. The molecule has 1 aliphatic rings. The van der Waals surface area contributed by atoms with Crippen molar-refractivity contribution >= 4 is 86.0 Å². The zero-order valence-corrected chi connectivity index (χ0v) is 19.7. The first kappa shape index (κ1) is 23.2. The lowest BCUT2D eigenvalue weighted by molar-refractivity contribution is -0.143. The fourth-order valence-corrected chi connectivity index (χ4v) is 3.79. The largest absolute Gasteiger partial charge is 0.481 e. The molecular formula is C20H13BrCl2N2O5S. The summed E-state index contributed by atoms with van der Waals surface area (Å²) in [5.41, 5.74) is 0.628. The van der Waals surface area contributed by atoms with Crippen LogP contribution in [0.1, 0.15) is 5.56 Å². The molecule has 2 aromatic carbocycles. The minimum atomic E-state index is -0.653. The Labute approximate surface area is 201 Å². The van der Waals surface area contributed by atoms with E-state index < -0.39 is 17.8 Å². The molecule has 2 aromatic rings. The summed E-state index contributed by atoms with van der Waals surface area (Å²) in [7, 11) is 1.26. The number of nitrogens with zero attached hydrogens (tertiary/aromatic N) is 1. The fourth-order valence-electron chi connectivity index (χ4n) is 2.63. The Morgan fingerprint density at radius 3 is 2.68 bits per heavy atom. The van der Waals surface area contributed by atoms with Gasteiger partial charge in [-0.25, -0.2) is 4.79 Å². The predicted molar refractivity (Wildman–Crippen MR) is 124 cm³/mol. The number of esters is 1. The number of nitrogens with one attached hydrogen (secondary N) is 1. The van der Waals surface area contributed by atoms with Crippen molar-refractivity contribution in [3.63, 3.8) is 0 Å². The highest BCUT2D eigenvalue weighted by Gasteiger charge is 2.35. The number of hydrogen-bond acceptors (Lipinski definition) is 6. The van der Waals surface area contributed by atoms with Crippen LogP contribution in [0.25, 0.3) is 6.08 Å². The van der Waals surface area contributed by atoms with Crippen LogP contribution in [0.4, 0.5) is 5.69 Å². The lowest BCUT2D eigenvalue weighted by Crippen LogP contribution is -2.54. The van der Waals surface area contributed by atoms with Gasteiger partial charge in [0, 0.05) is 0 Å². The summed E-state index contributed by atoms with van der Waals surface area (Å²) in [4.78, 5) is 37.9. The molecule has 0 atom stereocenters. The predicted octanol–water partition coefficient (Wildman–Crippen LogP) is 4.14. The van der Waals surface area contributed by atoms with Crippen LogP contribution in [-0.4, -0.2) is 36.6 Å². The number of methoxy groups -OCH3 is 1. The molecule has 0 aliphatic carbocycles. The molecule has 1 saturated heterocycles. The van der Waals surface area contributed by atoms with E-state index in [0.717, 1.165) is 4.90 Å². The van der Waals surface area contributed by atoms with Gasteiger partial charge in [-0.2, -0.15) is 0 Å². The van der Waals surface area contributed by atoms with E-state index in [1.54, 1.807) is 36.4 Å². The third-order valence-corrected chi connectivity index (χ3v) is 5.83. The van der Waals surface area contributed by atoms with Gasteiger partial charge in [0.05, 0.1) is 27.3 Å². The number of rotatable bonds is 5. The summed E-state index contributed by atoms with van der Waals surface area (Å²) < 4.78 is 10.4. The molecule has 0 radical (unpaired) electrons. The van der Waals surface area contributed by atoms with E-state index in [4.69, 9.17) is 40.2 Å². The molecule has 0 unspecified atom stereocenters. The molecule has 1 aliphatic heterocycles. The zero-order valence-electron chi connectivity index (χ0n) is 15.8. The number of carbonyl (C=O) groups is 3. The molecule has 1 heterocycles. The number of halogens is 3. The van der Waals surface area contributed by atoms with Gasteiger partial charge in [0.2, 0.25) is 0 Å². The monoisotopic (exact) mass is 542 g/mol. The molecule has 160 valence electrons. The maximum Gasteiger partial charge on any atom is 0.343 e. The molecule has 1 N–H and O–H groups in total. The summed E-state index contributed by atoms with van der Waals surface area (Å²) in [6.45, 7) is -0.261. The topological polar surface area (TPSA) is 84.9 Å². The molecule has 0 spiro atoms. The Kier molecular flexibility index (Phi) is 7.32. The van der Waals surface area contributed by atoms with Crippen LogP contribution in [-0.2, 0) is 19.1 Å². The highest BCUT2D eigenvalue weighted by molar-refractivity contribution is 9.10. The first-order chi connectivity index (χ1) is 14.7. The van der Waals surface area contributed by atoms with Crippen LogP contribution >= 0.6 is 51.3 Å². The minimum absolute atomic E-state index is 0.107. The lowest BCUT2D eigenvalue weighted by Gasteiger charge is -2.29. The summed E-state index contributed by atoms with van der Waals surface area (Å²) in [6, 6.07) is 9.59. The third-order valence-electron chi connectivity index (χ3n) is 4.11. The number of benzene rings is 2. The van der Waals surface area contributed by atoms with Crippen molar-refractivity contribution < 1.29 is 23.9 Å². The van der Waals surface area contributed by atoms with Gasteiger partial charge in [0.15, 0.2) is 11.7 Å². The maximum atomic E-state index is 13.1. The average molecular weight is 544 g/mol. The molecule has 0 aromatic heterocycles. The first-order valence-electron chi connectivity index (χ1n) is 8.57. The van der Waals surface area contributed by atoms with E-state index in [0.29, 0.717) is 15.8 Å². The molecule has 1 fully saturated rings. The van der Waals surface area contributed by atoms with Crippen molar-refractivity contribution in [1.29, 1.82) is 0 Å². The Hall–Kier alpha value is -2.46. The van der Waals surface area contributed by atoms with Crippen molar-refractivity contribution in [3.8, 4) is 5.75 Å². The lowest BCUT2D eigenvalue weighted by atomic mass is 10.1. The second-order valence-electron chi connectivity index (χ2n) is 6.09. The fraction of sp³-hybridized carbons (Fsp3) is 0.100. The Morgan fingerprint density at radius 2 is 2.00 bits per heavy atom. The van der Waals surface area contributed by atoms with Crippen molar-refractivity contribution in [1.82, 2.24) is 5.32 Å². The highest BCUT2D eigenvalue weighted by Crippen LogP contribution is 2.34. The SMILES string of the molecule is COC(=O)COc1ccc(/C=C2\C(=O)NC(=S)N(c3cccc(Cl)c3Cl)C2=O)cc1Br. The third kappa shape index (κ3) is 5.07. The second kappa shape index (κ2) is 9.78. The minimum Gasteiger partial charge on any atom is -0.481 e. The van der Waals surface area contributed by atoms with Gasteiger partial charge in [0.1, 0.15) is 11.3 Å². The van der Waals surface area contributed by atoms with Gasteiger partial charge in [-0.15, -0.1) is 0 Å². The summed E-state index contributed by atoms with van der Waals surface area (Å²) in [6.07, 6.45) is 1.40. The summed E-state index contributed by atoms with van der Waals surface area (Å²) >= 11 is 20.8. The molecule has 0 saturated carbocycles. The molecule has 2 amide bonds. The van der Waals surface area contributed by atoms with Crippen molar-refractivity contribution in [2.24, 2.45) is 0 Å². The Bertz CT molecular complexity index is 1140. The number of amides is 2. The Morgan fingerprint density at radius 1 is 1.26 bits per heavy atom. The van der Waals surface area contributed by atoms with Gasteiger partial charge in [-0.3, -0.25) is 19.8 Å². The molecular weight excluding hydrogens is 531 g/mol. The number of thiocarbonyl (C=S) groups is 1. The smallest absolute Gasteiger partial charge is 0.343 e. The van der Waals surface area contributed by atoms with E-state index in [9.17, 15) is 14.4 Å². The normalized spacial score (nSPS) is 15.2. The molecule has 3 rings (SSSR count). The van der Waals surface area contributed by atoms with Crippen molar-refractivity contribution in [2.75, 3.05) is 18.6 Å². The van der Waals surface area contributed by atoms with Crippen LogP contribution in [0.5, 0.6) is 5.75 Å². The van der Waals surface area contributed by atoms with Crippen molar-refractivity contribution in [2.45, 2.75) is 0 Å². The van der Waals surface area contributed by atoms with Gasteiger partial charge >= 0.3 is 5.97 Å².